The molecule has 1 rings (SSSR count). The molecule has 1 aromatic heterocycles. The van der Waals surface area contributed by atoms with Gasteiger partial charge in [0.2, 0.25) is 0 Å². The van der Waals surface area contributed by atoms with Crippen LogP contribution in [0.4, 0.5) is 5.82 Å². The van der Waals surface area contributed by atoms with Crippen LogP contribution in [0, 0.1) is 0 Å². The van der Waals surface area contributed by atoms with E-state index < -0.39 is 0 Å². The number of anilines is 1. The SMILES string of the molecule is CCCN(CCC)c1ccc(C(=O)NC)cn1. The average Bonchev–Trinajstić information content (AvgIpc) is 2.38. The van der Waals surface area contributed by atoms with Gasteiger partial charge in [0.25, 0.3) is 5.91 Å². The summed E-state index contributed by atoms with van der Waals surface area (Å²) in [5.41, 5.74) is 0.601. The van der Waals surface area contributed by atoms with Gasteiger partial charge in [0.05, 0.1) is 5.56 Å². The molecular formula is C13H21N3O. The molecule has 1 amide bonds. The third kappa shape index (κ3) is 3.73. The Bertz CT molecular complexity index is 342. The van der Waals surface area contributed by atoms with Crippen molar-refractivity contribution in [1.82, 2.24) is 10.3 Å². The van der Waals surface area contributed by atoms with Crippen LogP contribution in [-0.2, 0) is 0 Å². The minimum atomic E-state index is -0.0958. The largest absolute Gasteiger partial charge is 0.357 e. The van der Waals surface area contributed by atoms with Crippen LogP contribution in [0.5, 0.6) is 0 Å². The summed E-state index contributed by atoms with van der Waals surface area (Å²) in [5, 5.41) is 2.59. The van der Waals surface area contributed by atoms with E-state index in [4.69, 9.17) is 0 Å². The lowest BCUT2D eigenvalue weighted by molar-refractivity contribution is 0.0963. The van der Waals surface area contributed by atoms with Gasteiger partial charge in [-0.3, -0.25) is 4.79 Å². The van der Waals surface area contributed by atoms with Gasteiger partial charge in [0, 0.05) is 26.3 Å². The van der Waals surface area contributed by atoms with Crippen molar-refractivity contribution in [1.29, 1.82) is 0 Å². The van der Waals surface area contributed by atoms with Gasteiger partial charge in [0.15, 0.2) is 0 Å². The molecule has 0 saturated heterocycles. The van der Waals surface area contributed by atoms with Gasteiger partial charge in [-0.25, -0.2) is 4.98 Å². The number of hydrogen-bond donors (Lipinski definition) is 1. The van der Waals surface area contributed by atoms with Crippen molar-refractivity contribution in [2.24, 2.45) is 0 Å². The highest BCUT2D eigenvalue weighted by atomic mass is 16.1. The van der Waals surface area contributed by atoms with E-state index in [2.05, 4.69) is 29.0 Å². The molecule has 4 nitrogen and oxygen atoms in total. The molecule has 0 aliphatic rings. The van der Waals surface area contributed by atoms with Crippen LogP contribution in [0.3, 0.4) is 0 Å². The Kier molecular flexibility index (Phi) is 5.46. The van der Waals surface area contributed by atoms with Gasteiger partial charge in [-0.1, -0.05) is 13.8 Å². The highest BCUT2D eigenvalue weighted by Gasteiger charge is 2.08. The second kappa shape index (κ2) is 6.89. The molecule has 4 heteroatoms. The molecule has 0 saturated carbocycles. The van der Waals surface area contributed by atoms with Crippen LogP contribution in [0.2, 0.25) is 0 Å². The number of hydrogen-bond acceptors (Lipinski definition) is 3. The lowest BCUT2D eigenvalue weighted by atomic mass is 10.2. The molecule has 0 fully saturated rings. The number of amides is 1. The zero-order chi connectivity index (χ0) is 12.7. The van der Waals surface area contributed by atoms with Crippen molar-refractivity contribution in [3.8, 4) is 0 Å². The summed E-state index contributed by atoms with van der Waals surface area (Å²) in [7, 11) is 1.62. The molecule has 0 spiro atoms. The van der Waals surface area contributed by atoms with E-state index in [0.29, 0.717) is 5.56 Å². The second-order valence-electron chi connectivity index (χ2n) is 3.97. The standard InChI is InChI=1S/C13H21N3O/c1-4-8-16(9-5-2)12-7-6-11(10-15-12)13(17)14-3/h6-7,10H,4-5,8-9H2,1-3H3,(H,14,17). The lowest BCUT2D eigenvalue weighted by Gasteiger charge is -2.22. The third-order valence-electron chi connectivity index (χ3n) is 2.55. The molecular weight excluding hydrogens is 214 g/mol. The van der Waals surface area contributed by atoms with Crippen LogP contribution in [-0.4, -0.2) is 31.0 Å². The number of pyridine rings is 1. The Morgan fingerprint density at radius 3 is 2.35 bits per heavy atom. The summed E-state index contributed by atoms with van der Waals surface area (Å²) < 4.78 is 0. The quantitative estimate of drug-likeness (QED) is 0.821. The van der Waals surface area contributed by atoms with Gasteiger partial charge >= 0.3 is 0 Å². The molecule has 94 valence electrons. The Labute approximate surface area is 103 Å². The Balaban J connectivity index is 2.80. The molecule has 0 atom stereocenters. The highest BCUT2D eigenvalue weighted by Crippen LogP contribution is 2.12. The zero-order valence-corrected chi connectivity index (χ0v) is 10.9. The maximum absolute atomic E-state index is 11.4. The first-order valence-corrected chi connectivity index (χ1v) is 6.16. The number of nitrogens with zero attached hydrogens (tertiary/aromatic N) is 2. The van der Waals surface area contributed by atoms with Gasteiger partial charge in [-0.05, 0) is 25.0 Å². The zero-order valence-electron chi connectivity index (χ0n) is 10.9. The van der Waals surface area contributed by atoms with Crippen molar-refractivity contribution in [3.63, 3.8) is 0 Å². The average molecular weight is 235 g/mol. The molecule has 1 N–H and O–H groups in total. The number of nitrogens with one attached hydrogen (secondary N) is 1. The van der Waals surface area contributed by atoms with Crippen LogP contribution < -0.4 is 10.2 Å². The molecule has 0 radical (unpaired) electrons. The summed E-state index contributed by atoms with van der Waals surface area (Å²) in [4.78, 5) is 18.0. The van der Waals surface area contributed by atoms with Crippen LogP contribution >= 0.6 is 0 Å². The number of carbonyl (C=O) groups excluding carboxylic acids is 1. The molecule has 0 aromatic carbocycles. The number of rotatable bonds is 6. The highest BCUT2D eigenvalue weighted by molar-refractivity contribution is 5.93. The Morgan fingerprint density at radius 1 is 1.29 bits per heavy atom. The van der Waals surface area contributed by atoms with Crippen molar-refractivity contribution in [2.45, 2.75) is 26.7 Å². The van der Waals surface area contributed by atoms with E-state index in [0.717, 1.165) is 31.7 Å². The van der Waals surface area contributed by atoms with Crippen molar-refractivity contribution >= 4 is 11.7 Å². The lowest BCUT2D eigenvalue weighted by Crippen LogP contribution is -2.26. The van der Waals surface area contributed by atoms with Gasteiger partial charge < -0.3 is 10.2 Å². The molecule has 0 aliphatic carbocycles. The Morgan fingerprint density at radius 2 is 1.94 bits per heavy atom. The van der Waals surface area contributed by atoms with Crippen molar-refractivity contribution < 1.29 is 4.79 Å². The molecule has 0 aliphatic heterocycles. The van der Waals surface area contributed by atoms with E-state index in [9.17, 15) is 4.79 Å². The summed E-state index contributed by atoms with van der Waals surface area (Å²) in [5.74, 6) is 0.850. The minimum absolute atomic E-state index is 0.0958. The fourth-order valence-electron chi connectivity index (χ4n) is 1.73. The smallest absolute Gasteiger partial charge is 0.252 e. The van der Waals surface area contributed by atoms with Gasteiger partial charge in [-0.2, -0.15) is 0 Å². The van der Waals surface area contributed by atoms with E-state index >= 15 is 0 Å². The predicted octanol–water partition coefficient (Wildman–Crippen LogP) is 2.07. The van der Waals surface area contributed by atoms with E-state index in [1.165, 1.54) is 0 Å². The fourth-order valence-corrected chi connectivity index (χ4v) is 1.73. The normalized spacial score (nSPS) is 10.1. The van der Waals surface area contributed by atoms with Crippen LogP contribution in [0.1, 0.15) is 37.0 Å². The summed E-state index contributed by atoms with van der Waals surface area (Å²) in [6, 6.07) is 3.73. The molecule has 1 heterocycles. The number of carbonyl (C=O) groups is 1. The minimum Gasteiger partial charge on any atom is -0.357 e. The predicted molar refractivity (Wildman–Crippen MR) is 70.4 cm³/mol. The first-order valence-electron chi connectivity index (χ1n) is 6.16. The van der Waals surface area contributed by atoms with Gasteiger partial charge in [-0.15, -0.1) is 0 Å². The van der Waals surface area contributed by atoms with Crippen LogP contribution in [0.25, 0.3) is 0 Å². The molecule has 1 aromatic rings. The van der Waals surface area contributed by atoms with E-state index in [1.807, 2.05) is 12.1 Å². The first-order chi connectivity index (χ1) is 8.22. The van der Waals surface area contributed by atoms with Crippen molar-refractivity contribution in [2.75, 3.05) is 25.0 Å². The molecule has 0 bridgehead atoms. The summed E-state index contributed by atoms with van der Waals surface area (Å²) in [6.45, 7) is 6.31. The topological polar surface area (TPSA) is 45.2 Å². The van der Waals surface area contributed by atoms with Crippen LogP contribution in [0.15, 0.2) is 18.3 Å². The fraction of sp³-hybridized carbons (Fsp3) is 0.538. The maximum atomic E-state index is 11.4. The van der Waals surface area contributed by atoms with Crippen molar-refractivity contribution in [3.05, 3.63) is 23.9 Å². The number of aromatic nitrogens is 1. The third-order valence-corrected chi connectivity index (χ3v) is 2.55. The maximum Gasteiger partial charge on any atom is 0.252 e. The van der Waals surface area contributed by atoms with Gasteiger partial charge in [0.1, 0.15) is 5.82 Å². The van der Waals surface area contributed by atoms with E-state index in [-0.39, 0.29) is 5.91 Å². The summed E-state index contributed by atoms with van der Waals surface area (Å²) >= 11 is 0. The monoisotopic (exact) mass is 235 g/mol. The van der Waals surface area contributed by atoms with E-state index in [1.54, 1.807) is 13.2 Å². The second-order valence-corrected chi connectivity index (χ2v) is 3.97. The first kappa shape index (κ1) is 13.5. The summed E-state index contributed by atoms with van der Waals surface area (Å²) in [6.07, 6.45) is 3.82. The molecule has 0 unspecified atom stereocenters. The Hall–Kier alpha value is -1.58. The molecule has 17 heavy (non-hydrogen) atoms.